The zero-order valence-corrected chi connectivity index (χ0v) is 11.9. The van der Waals surface area contributed by atoms with Crippen molar-refractivity contribution in [3.8, 4) is 0 Å². The van der Waals surface area contributed by atoms with E-state index >= 15 is 0 Å². The highest BCUT2D eigenvalue weighted by atomic mass is 79.9. The van der Waals surface area contributed by atoms with Crippen LogP contribution in [0.3, 0.4) is 0 Å². The molecule has 1 aliphatic rings. The van der Waals surface area contributed by atoms with Crippen molar-refractivity contribution in [1.29, 1.82) is 0 Å². The first kappa shape index (κ1) is 13.5. The van der Waals surface area contributed by atoms with Gasteiger partial charge in [0, 0.05) is 31.0 Å². The molecule has 1 aromatic heterocycles. The van der Waals surface area contributed by atoms with Crippen LogP contribution in [-0.4, -0.2) is 30.1 Å². The topological polar surface area (TPSA) is 51.2 Å². The first-order valence-corrected chi connectivity index (χ1v) is 6.96. The summed E-state index contributed by atoms with van der Waals surface area (Å²) in [7, 11) is 0. The third-order valence-corrected chi connectivity index (χ3v) is 3.75. The molecule has 0 spiro atoms. The maximum atomic E-state index is 12.1. The Morgan fingerprint density at radius 1 is 1.56 bits per heavy atom. The summed E-state index contributed by atoms with van der Waals surface area (Å²) >= 11 is 3.27. The number of halogens is 1. The Balaban J connectivity index is 1.94. The molecule has 1 amide bonds. The Morgan fingerprint density at radius 2 is 2.28 bits per heavy atom. The van der Waals surface area contributed by atoms with Crippen LogP contribution in [0.2, 0.25) is 0 Å². The zero-order valence-electron chi connectivity index (χ0n) is 10.4. The molecule has 4 nitrogen and oxygen atoms in total. The molecule has 1 unspecified atom stereocenters. The van der Waals surface area contributed by atoms with Crippen LogP contribution < -0.4 is 5.32 Å². The lowest BCUT2D eigenvalue weighted by atomic mass is 9.93. The van der Waals surface area contributed by atoms with Gasteiger partial charge in [0.15, 0.2) is 0 Å². The van der Waals surface area contributed by atoms with Crippen LogP contribution in [0.1, 0.15) is 30.1 Å². The van der Waals surface area contributed by atoms with E-state index in [1.54, 1.807) is 18.3 Å². The van der Waals surface area contributed by atoms with Crippen molar-refractivity contribution in [1.82, 2.24) is 10.3 Å². The van der Waals surface area contributed by atoms with Gasteiger partial charge in [-0.1, -0.05) is 0 Å². The van der Waals surface area contributed by atoms with Crippen LogP contribution in [0.5, 0.6) is 0 Å². The Labute approximate surface area is 115 Å². The summed E-state index contributed by atoms with van der Waals surface area (Å²) in [5.74, 6) is 0.463. The summed E-state index contributed by atoms with van der Waals surface area (Å²) in [4.78, 5) is 16.1. The van der Waals surface area contributed by atoms with Gasteiger partial charge in [0.1, 0.15) is 4.60 Å². The summed E-state index contributed by atoms with van der Waals surface area (Å²) in [5.41, 5.74) is 0.635. The zero-order chi connectivity index (χ0) is 13.0. The van der Waals surface area contributed by atoms with Crippen LogP contribution in [0.15, 0.2) is 22.9 Å². The summed E-state index contributed by atoms with van der Waals surface area (Å²) in [6, 6.07) is 3.62. The molecule has 1 N–H and O–H groups in total. The van der Waals surface area contributed by atoms with Gasteiger partial charge in [-0.2, -0.15) is 0 Å². The first-order chi connectivity index (χ1) is 8.66. The van der Waals surface area contributed by atoms with E-state index in [2.05, 4.69) is 33.2 Å². The van der Waals surface area contributed by atoms with Crippen LogP contribution in [0.25, 0.3) is 0 Å². The molecule has 0 aromatic carbocycles. The van der Waals surface area contributed by atoms with E-state index < -0.39 is 0 Å². The largest absolute Gasteiger partial charge is 0.381 e. The van der Waals surface area contributed by atoms with E-state index in [1.807, 2.05) is 0 Å². The van der Waals surface area contributed by atoms with E-state index in [-0.39, 0.29) is 11.9 Å². The van der Waals surface area contributed by atoms with E-state index in [9.17, 15) is 4.79 Å². The van der Waals surface area contributed by atoms with Gasteiger partial charge in [-0.25, -0.2) is 4.98 Å². The predicted molar refractivity (Wildman–Crippen MR) is 72.4 cm³/mol. The van der Waals surface area contributed by atoms with Crippen molar-refractivity contribution in [3.63, 3.8) is 0 Å². The molecule has 1 fully saturated rings. The highest BCUT2D eigenvalue weighted by Crippen LogP contribution is 2.19. The fraction of sp³-hybridized carbons (Fsp3) is 0.538. The number of carbonyl (C=O) groups excluding carboxylic acids is 1. The predicted octanol–water partition coefficient (Wildman–Crippen LogP) is 2.39. The van der Waals surface area contributed by atoms with E-state index in [1.165, 1.54) is 0 Å². The highest BCUT2D eigenvalue weighted by Gasteiger charge is 2.22. The minimum Gasteiger partial charge on any atom is -0.381 e. The van der Waals surface area contributed by atoms with Crippen LogP contribution in [-0.2, 0) is 4.74 Å². The molecule has 0 bridgehead atoms. The number of amides is 1. The molecule has 98 valence electrons. The summed E-state index contributed by atoms with van der Waals surface area (Å²) in [6.45, 7) is 3.65. The van der Waals surface area contributed by atoms with Crippen molar-refractivity contribution in [2.75, 3.05) is 13.2 Å². The highest BCUT2D eigenvalue weighted by molar-refractivity contribution is 9.10. The fourth-order valence-electron chi connectivity index (χ4n) is 2.17. The molecule has 1 saturated heterocycles. The summed E-state index contributed by atoms with van der Waals surface area (Å²) in [6.07, 6.45) is 3.65. The Kier molecular flexibility index (Phi) is 4.72. The number of nitrogens with zero attached hydrogens (tertiary/aromatic N) is 1. The normalized spacial score (nSPS) is 18.3. The Bertz CT molecular complexity index is 419. The van der Waals surface area contributed by atoms with Crippen molar-refractivity contribution in [2.45, 2.75) is 25.8 Å². The lowest BCUT2D eigenvalue weighted by Gasteiger charge is -2.28. The maximum Gasteiger partial charge on any atom is 0.251 e. The minimum atomic E-state index is -0.0444. The van der Waals surface area contributed by atoms with E-state index in [0.29, 0.717) is 16.1 Å². The average Bonchev–Trinajstić information content (AvgIpc) is 2.39. The summed E-state index contributed by atoms with van der Waals surface area (Å²) < 4.78 is 6.00. The lowest BCUT2D eigenvalue weighted by Crippen LogP contribution is -2.40. The number of aromatic nitrogens is 1. The number of hydrogen-bond donors (Lipinski definition) is 1. The van der Waals surface area contributed by atoms with Gasteiger partial charge >= 0.3 is 0 Å². The molecule has 0 aliphatic carbocycles. The van der Waals surface area contributed by atoms with Gasteiger partial charge in [0.25, 0.3) is 5.91 Å². The average molecular weight is 313 g/mol. The molecule has 18 heavy (non-hydrogen) atoms. The van der Waals surface area contributed by atoms with Gasteiger partial charge in [-0.15, -0.1) is 0 Å². The van der Waals surface area contributed by atoms with Crippen LogP contribution >= 0.6 is 15.9 Å². The minimum absolute atomic E-state index is 0.0444. The molecule has 2 rings (SSSR count). The number of pyridine rings is 1. The molecular weight excluding hydrogens is 296 g/mol. The standard InChI is InChI=1S/C13H17BrN2O2/c1-9(10-3-6-18-7-4-10)16-13(17)11-2-5-15-12(14)8-11/h2,5,8-10H,3-4,6-7H2,1H3,(H,16,17). The number of ether oxygens (including phenoxy) is 1. The van der Waals surface area contributed by atoms with Gasteiger partial charge in [0.05, 0.1) is 0 Å². The van der Waals surface area contributed by atoms with Crippen LogP contribution in [0.4, 0.5) is 0 Å². The Morgan fingerprint density at radius 3 is 2.94 bits per heavy atom. The van der Waals surface area contributed by atoms with E-state index in [0.717, 1.165) is 26.1 Å². The number of nitrogens with one attached hydrogen (secondary N) is 1. The molecule has 2 heterocycles. The number of carbonyl (C=O) groups is 1. The molecule has 1 atom stereocenters. The van der Waals surface area contributed by atoms with E-state index in [4.69, 9.17) is 4.74 Å². The number of rotatable bonds is 3. The van der Waals surface area contributed by atoms with Crippen molar-refractivity contribution in [2.24, 2.45) is 5.92 Å². The molecule has 1 aliphatic heterocycles. The van der Waals surface area contributed by atoms with Gasteiger partial charge in [-0.05, 0) is 53.7 Å². The SMILES string of the molecule is CC(NC(=O)c1ccnc(Br)c1)C1CCOCC1. The molecule has 0 saturated carbocycles. The molecule has 5 heteroatoms. The lowest BCUT2D eigenvalue weighted by molar-refractivity contribution is 0.0538. The molecule has 1 aromatic rings. The van der Waals surface area contributed by atoms with Gasteiger partial charge in [-0.3, -0.25) is 4.79 Å². The Hall–Kier alpha value is -0.940. The fourth-order valence-corrected chi connectivity index (χ4v) is 2.53. The third kappa shape index (κ3) is 3.53. The molecule has 0 radical (unpaired) electrons. The van der Waals surface area contributed by atoms with Gasteiger partial charge < -0.3 is 10.1 Å². The quantitative estimate of drug-likeness (QED) is 0.872. The maximum absolute atomic E-state index is 12.1. The number of hydrogen-bond acceptors (Lipinski definition) is 3. The second-order valence-electron chi connectivity index (χ2n) is 4.58. The second-order valence-corrected chi connectivity index (χ2v) is 5.39. The summed E-state index contributed by atoms with van der Waals surface area (Å²) in [5, 5.41) is 3.05. The van der Waals surface area contributed by atoms with Gasteiger partial charge in [0.2, 0.25) is 0 Å². The third-order valence-electron chi connectivity index (χ3n) is 3.32. The smallest absolute Gasteiger partial charge is 0.251 e. The second kappa shape index (κ2) is 6.29. The van der Waals surface area contributed by atoms with Crippen molar-refractivity contribution < 1.29 is 9.53 Å². The van der Waals surface area contributed by atoms with Crippen molar-refractivity contribution >= 4 is 21.8 Å². The first-order valence-electron chi connectivity index (χ1n) is 6.17. The van der Waals surface area contributed by atoms with Crippen molar-refractivity contribution in [3.05, 3.63) is 28.5 Å². The van der Waals surface area contributed by atoms with Crippen LogP contribution in [0, 0.1) is 5.92 Å². The molecular formula is C13H17BrN2O2. The monoisotopic (exact) mass is 312 g/mol.